The van der Waals surface area contributed by atoms with Crippen LogP contribution in [0, 0.1) is 6.92 Å². The molecule has 1 amide bonds. The Balaban J connectivity index is 3.08. The normalized spacial score (nSPS) is 14.5. The maximum Gasteiger partial charge on any atom is 0.249 e. The van der Waals surface area contributed by atoms with Crippen LogP contribution in [0.1, 0.15) is 22.8 Å². The van der Waals surface area contributed by atoms with E-state index < -0.39 is 18.1 Å². The molecule has 0 saturated heterocycles. The van der Waals surface area contributed by atoms with Crippen molar-refractivity contribution in [2.45, 2.75) is 25.7 Å². The maximum atomic E-state index is 10.7. The highest BCUT2D eigenvalue weighted by atomic mass is 16.3. The Morgan fingerprint density at radius 3 is 2.56 bits per heavy atom. The molecule has 1 aromatic rings. The van der Waals surface area contributed by atoms with Crippen molar-refractivity contribution >= 4 is 5.91 Å². The van der Waals surface area contributed by atoms with E-state index in [9.17, 15) is 15.0 Å². The van der Waals surface area contributed by atoms with Gasteiger partial charge in [-0.05, 0) is 23.6 Å². The zero-order valence-corrected chi connectivity index (χ0v) is 8.92. The van der Waals surface area contributed by atoms with E-state index in [1.165, 1.54) is 0 Å². The largest absolute Gasteiger partial charge is 0.392 e. The number of rotatable bonds is 4. The number of nitrogens with two attached hydrogens (primary N) is 1. The molecular weight excluding hydrogens is 210 g/mol. The Bertz CT molecular complexity index is 392. The van der Waals surface area contributed by atoms with Crippen molar-refractivity contribution < 1.29 is 20.1 Å². The first kappa shape index (κ1) is 12.6. The van der Waals surface area contributed by atoms with E-state index in [4.69, 9.17) is 10.8 Å². The van der Waals surface area contributed by atoms with E-state index >= 15 is 0 Å². The summed E-state index contributed by atoms with van der Waals surface area (Å²) in [6, 6.07) is 4.90. The van der Waals surface area contributed by atoms with Crippen molar-refractivity contribution in [1.82, 2.24) is 0 Å². The third-order valence-corrected chi connectivity index (χ3v) is 2.57. The van der Waals surface area contributed by atoms with Crippen molar-refractivity contribution in [2.75, 3.05) is 0 Å². The Morgan fingerprint density at radius 2 is 2.06 bits per heavy atom. The number of amides is 1. The minimum Gasteiger partial charge on any atom is -0.392 e. The highest BCUT2D eigenvalue weighted by Gasteiger charge is 2.25. The first-order chi connectivity index (χ1) is 7.49. The van der Waals surface area contributed by atoms with Crippen LogP contribution in [-0.4, -0.2) is 27.3 Å². The number of hydrogen-bond acceptors (Lipinski definition) is 4. The molecule has 16 heavy (non-hydrogen) atoms. The molecular formula is C11H15NO4. The molecule has 5 nitrogen and oxygen atoms in total. The van der Waals surface area contributed by atoms with Crippen LogP contribution in [0.15, 0.2) is 18.2 Å². The van der Waals surface area contributed by atoms with Crippen molar-refractivity contribution in [3.8, 4) is 0 Å². The second-order valence-corrected chi connectivity index (χ2v) is 3.58. The van der Waals surface area contributed by atoms with Crippen LogP contribution in [0.4, 0.5) is 0 Å². The summed E-state index contributed by atoms with van der Waals surface area (Å²) in [6.07, 6.45) is -3.02. The van der Waals surface area contributed by atoms with Gasteiger partial charge >= 0.3 is 0 Å². The molecule has 0 aromatic heterocycles. The first-order valence-corrected chi connectivity index (χ1v) is 4.83. The van der Waals surface area contributed by atoms with Gasteiger partial charge in [-0.25, -0.2) is 0 Å². The molecule has 2 atom stereocenters. The van der Waals surface area contributed by atoms with Crippen LogP contribution < -0.4 is 5.73 Å². The fourth-order valence-corrected chi connectivity index (χ4v) is 1.52. The van der Waals surface area contributed by atoms with Gasteiger partial charge in [0.2, 0.25) is 5.91 Å². The Morgan fingerprint density at radius 1 is 1.44 bits per heavy atom. The second-order valence-electron chi connectivity index (χ2n) is 3.58. The Labute approximate surface area is 93.1 Å². The quantitative estimate of drug-likeness (QED) is 0.547. The van der Waals surface area contributed by atoms with Crippen molar-refractivity contribution in [1.29, 1.82) is 0 Å². The molecule has 1 aromatic carbocycles. The maximum absolute atomic E-state index is 10.7. The summed E-state index contributed by atoms with van der Waals surface area (Å²) in [5.74, 6) is -0.985. The van der Waals surface area contributed by atoms with Crippen molar-refractivity contribution in [3.63, 3.8) is 0 Å². The van der Waals surface area contributed by atoms with Gasteiger partial charge in [0.1, 0.15) is 6.10 Å². The molecule has 88 valence electrons. The predicted molar refractivity (Wildman–Crippen MR) is 57.3 cm³/mol. The van der Waals surface area contributed by atoms with Gasteiger partial charge in [0.25, 0.3) is 0 Å². The smallest absolute Gasteiger partial charge is 0.249 e. The SMILES string of the molecule is Cc1c(CO)cccc1C(O)C(O)C(N)=O. The highest BCUT2D eigenvalue weighted by molar-refractivity contribution is 5.79. The summed E-state index contributed by atoms with van der Waals surface area (Å²) < 4.78 is 0. The lowest BCUT2D eigenvalue weighted by molar-refractivity contribution is -0.132. The molecule has 2 unspecified atom stereocenters. The highest BCUT2D eigenvalue weighted by Crippen LogP contribution is 2.23. The molecule has 0 aliphatic rings. The second kappa shape index (κ2) is 5.07. The molecule has 1 rings (SSSR count). The lowest BCUT2D eigenvalue weighted by atomic mass is 9.95. The van der Waals surface area contributed by atoms with Gasteiger partial charge in [-0.3, -0.25) is 4.79 Å². The molecule has 5 N–H and O–H groups in total. The number of aliphatic hydroxyl groups excluding tert-OH is 3. The van der Waals surface area contributed by atoms with Crippen LogP contribution in [0.25, 0.3) is 0 Å². The van der Waals surface area contributed by atoms with Gasteiger partial charge in [-0.1, -0.05) is 18.2 Å². The number of hydrogen-bond donors (Lipinski definition) is 4. The number of primary amides is 1. The monoisotopic (exact) mass is 225 g/mol. The third-order valence-electron chi connectivity index (χ3n) is 2.57. The van der Waals surface area contributed by atoms with E-state index in [1.54, 1.807) is 25.1 Å². The Kier molecular flexibility index (Phi) is 4.00. The van der Waals surface area contributed by atoms with Gasteiger partial charge in [0.15, 0.2) is 6.10 Å². The number of carbonyl (C=O) groups is 1. The zero-order valence-electron chi connectivity index (χ0n) is 8.92. The van der Waals surface area contributed by atoms with Gasteiger partial charge < -0.3 is 21.1 Å². The first-order valence-electron chi connectivity index (χ1n) is 4.83. The lowest BCUT2D eigenvalue weighted by Gasteiger charge is -2.18. The minimum absolute atomic E-state index is 0.168. The topological polar surface area (TPSA) is 104 Å². The van der Waals surface area contributed by atoms with Crippen LogP contribution >= 0.6 is 0 Å². The van der Waals surface area contributed by atoms with Crippen LogP contribution in [0.3, 0.4) is 0 Å². The van der Waals surface area contributed by atoms with Crippen molar-refractivity contribution in [3.05, 3.63) is 34.9 Å². The molecule has 0 fully saturated rings. The molecule has 0 bridgehead atoms. The van der Waals surface area contributed by atoms with Crippen LogP contribution in [-0.2, 0) is 11.4 Å². The summed E-state index contributed by atoms with van der Waals surface area (Å²) in [5, 5.41) is 28.1. The molecule has 0 aliphatic carbocycles. The van der Waals surface area contributed by atoms with E-state index in [-0.39, 0.29) is 6.61 Å². The Hall–Kier alpha value is -1.43. The fraction of sp³-hybridized carbons (Fsp3) is 0.364. The number of carbonyl (C=O) groups excluding carboxylic acids is 1. The zero-order chi connectivity index (χ0) is 12.3. The van der Waals surface area contributed by atoms with Gasteiger partial charge in [-0.15, -0.1) is 0 Å². The molecule has 0 spiro atoms. The summed E-state index contributed by atoms with van der Waals surface area (Å²) >= 11 is 0. The van der Waals surface area contributed by atoms with Gasteiger partial charge in [-0.2, -0.15) is 0 Å². The van der Waals surface area contributed by atoms with E-state index in [0.717, 1.165) is 0 Å². The van der Waals surface area contributed by atoms with Gasteiger partial charge in [0.05, 0.1) is 6.61 Å². The van der Waals surface area contributed by atoms with Gasteiger partial charge in [0, 0.05) is 0 Å². The summed E-state index contributed by atoms with van der Waals surface area (Å²) in [7, 11) is 0. The van der Waals surface area contributed by atoms with E-state index in [0.29, 0.717) is 16.7 Å². The van der Waals surface area contributed by atoms with E-state index in [1.807, 2.05) is 0 Å². The lowest BCUT2D eigenvalue weighted by Crippen LogP contribution is -2.34. The fourth-order valence-electron chi connectivity index (χ4n) is 1.52. The summed E-state index contributed by atoms with van der Waals surface area (Å²) in [4.78, 5) is 10.7. The molecule has 0 saturated carbocycles. The molecule has 0 radical (unpaired) electrons. The molecule has 0 heterocycles. The third kappa shape index (κ3) is 2.38. The summed E-state index contributed by atoms with van der Waals surface area (Å²) in [5.41, 5.74) is 6.55. The minimum atomic E-state index is -1.65. The predicted octanol–water partition coefficient (Wildman–Crippen LogP) is -0.633. The number of benzene rings is 1. The van der Waals surface area contributed by atoms with Crippen LogP contribution in [0.2, 0.25) is 0 Å². The number of aliphatic hydroxyl groups is 3. The molecule has 5 heteroatoms. The standard InChI is InChI=1S/C11H15NO4/c1-6-7(5-13)3-2-4-8(6)9(14)10(15)11(12)16/h2-4,9-10,13-15H,5H2,1H3,(H2,12,16). The van der Waals surface area contributed by atoms with E-state index in [2.05, 4.69) is 0 Å². The molecule has 0 aliphatic heterocycles. The average molecular weight is 225 g/mol. The van der Waals surface area contributed by atoms with Crippen LogP contribution in [0.5, 0.6) is 0 Å². The summed E-state index contributed by atoms with van der Waals surface area (Å²) in [6.45, 7) is 1.52. The van der Waals surface area contributed by atoms with Crippen molar-refractivity contribution in [2.24, 2.45) is 5.73 Å². The average Bonchev–Trinajstić information content (AvgIpc) is 2.27.